The number of aliphatic hydroxyl groups excluding tert-OH is 1. The smallest absolute Gasteiger partial charge is 0.260 e. The molecule has 0 aliphatic heterocycles. The van der Waals surface area contributed by atoms with Crippen molar-refractivity contribution in [3.63, 3.8) is 0 Å². The van der Waals surface area contributed by atoms with Crippen LogP contribution >= 0.6 is 11.8 Å². The number of hydrogen-bond donors (Lipinski definition) is 3. The van der Waals surface area contributed by atoms with Crippen molar-refractivity contribution in [3.05, 3.63) is 78.0 Å². The van der Waals surface area contributed by atoms with Crippen LogP contribution in [0, 0.1) is 0 Å². The number of aromatic amines is 1. The average Bonchev–Trinajstić information content (AvgIpc) is 3.19. The van der Waals surface area contributed by atoms with Crippen LogP contribution in [0.5, 0.6) is 0 Å². The number of fused-ring (bicyclic) bond motifs is 1. The van der Waals surface area contributed by atoms with E-state index in [0.29, 0.717) is 11.0 Å². The lowest BCUT2D eigenvalue weighted by Crippen LogP contribution is -2.24. The quantitative estimate of drug-likeness (QED) is 0.419. The van der Waals surface area contributed by atoms with Crippen molar-refractivity contribution in [2.45, 2.75) is 28.0 Å². The molecule has 0 radical (unpaired) electrons. The van der Waals surface area contributed by atoms with Crippen LogP contribution in [-0.4, -0.2) is 28.7 Å². The fourth-order valence-electron chi connectivity index (χ4n) is 2.88. The largest absolute Gasteiger partial charge is 0.392 e. The van der Waals surface area contributed by atoms with Crippen molar-refractivity contribution in [2.24, 2.45) is 0 Å². The van der Waals surface area contributed by atoms with Crippen LogP contribution in [-0.2, 0) is 23.2 Å². The molecule has 0 saturated carbocycles. The first-order valence-corrected chi connectivity index (χ1v) is 11.1. The van der Waals surface area contributed by atoms with Gasteiger partial charge in [-0.1, -0.05) is 48.2 Å². The molecule has 9 heteroatoms. The minimum atomic E-state index is -3.83. The Morgan fingerprint density at radius 1 is 0.966 bits per heavy atom. The fourth-order valence-corrected chi connectivity index (χ4v) is 5.05. The third kappa shape index (κ3) is 4.18. The lowest BCUT2D eigenvalue weighted by Gasteiger charge is -2.12. The number of rotatable bonds is 7. The highest BCUT2D eigenvalue weighted by atomic mass is 32.2. The van der Waals surface area contributed by atoms with Crippen molar-refractivity contribution < 1.29 is 13.5 Å². The Balaban J connectivity index is 1.57. The maximum absolute atomic E-state index is 12.8. The molecule has 29 heavy (non-hydrogen) atoms. The summed E-state index contributed by atoms with van der Waals surface area (Å²) in [6.45, 7) is 0.0552. The van der Waals surface area contributed by atoms with Crippen LogP contribution in [0.1, 0.15) is 11.1 Å². The van der Waals surface area contributed by atoms with Crippen molar-refractivity contribution >= 4 is 32.8 Å². The summed E-state index contributed by atoms with van der Waals surface area (Å²) in [4.78, 5) is 5.91. The lowest BCUT2D eigenvalue weighted by molar-refractivity contribution is 0.279. The first kappa shape index (κ1) is 19.6. The van der Waals surface area contributed by atoms with E-state index in [4.69, 9.17) is 0 Å². The number of H-pyrrole nitrogens is 1. The van der Waals surface area contributed by atoms with Gasteiger partial charge in [0.2, 0.25) is 5.03 Å². The molecule has 0 atom stereocenters. The van der Waals surface area contributed by atoms with Crippen LogP contribution in [0.2, 0.25) is 0 Å². The highest BCUT2D eigenvalue weighted by molar-refractivity contribution is 7.99. The summed E-state index contributed by atoms with van der Waals surface area (Å²) in [5.41, 5.74) is 2.07. The summed E-state index contributed by atoms with van der Waals surface area (Å²) in [6.07, 6.45) is 1.57. The summed E-state index contributed by atoms with van der Waals surface area (Å²) < 4.78 is 28.2. The molecule has 4 rings (SSSR count). The molecule has 0 aliphatic rings. The van der Waals surface area contributed by atoms with Gasteiger partial charge in [-0.15, -0.1) is 0 Å². The number of benzene rings is 2. The molecule has 2 aromatic carbocycles. The number of sulfonamides is 1. The van der Waals surface area contributed by atoms with Gasteiger partial charge in [0.25, 0.3) is 10.0 Å². The van der Waals surface area contributed by atoms with E-state index in [2.05, 4.69) is 19.9 Å². The molecule has 0 unspecified atom stereocenters. The standard InChI is InChI=1S/C20H18N4O3S2/c25-13-15-7-2-4-10-18(15)28-17-9-3-1-6-14(17)12-22-29(26,27)20-16-8-5-11-21-19(16)23-24-20/h1-11,22,25H,12-13H2,(H,21,23,24). The number of nitrogens with one attached hydrogen (secondary N) is 2. The van der Waals surface area contributed by atoms with Gasteiger partial charge in [-0.05, 0) is 35.4 Å². The van der Waals surface area contributed by atoms with E-state index in [1.54, 1.807) is 18.3 Å². The zero-order valence-corrected chi connectivity index (χ0v) is 16.9. The lowest BCUT2D eigenvalue weighted by atomic mass is 10.2. The second-order valence-electron chi connectivity index (χ2n) is 6.23. The second-order valence-corrected chi connectivity index (χ2v) is 8.99. The molecule has 4 aromatic rings. The molecule has 0 bridgehead atoms. The molecule has 7 nitrogen and oxygen atoms in total. The van der Waals surface area contributed by atoms with Crippen molar-refractivity contribution in [1.29, 1.82) is 0 Å². The Kier molecular flexibility index (Phi) is 5.63. The number of pyridine rings is 1. The van der Waals surface area contributed by atoms with Gasteiger partial charge < -0.3 is 5.11 Å². The van der Waals surface area contributed by atoms with E-state index in [1.807, 2.05) is 48.5 Å². The monoisotopic (exact) mass is 426 g/mol. The predicted octanol–water partition coefficient (Wildman–Crippen LogP) is 3.08. The Bertz CT molecular complexity index is 1260. The fraction of sp³-hybridized carbons (Fsp3) is 0.100. The summed E-state index contributed by atoms with van der Waals surface area (Å²) >= 11 is 1.49. The zero-order valence-electron chi connectivity index (χ0n) is 15.2. The summed E-state index contributed by atoms with van der Waals surface area (Å²) in [5.74, 6) is 0. The number of nitrogens with zero attached hydrogens (tertiary/aromatic N) is 2. The number of hydrogen-bond acceptors (Lipinski definition) is 6. The molecule has 2 aromatic heterocycles. The van der Waals surface area contributed by atoms with Gasteiger partial charge in [0.1, 0.15) is 0 Å². The third-order valence-electron chi connectivity index (χ3n) is 4.34. The summed E-state index contributed by atoms with van der Waals surface area (Å²) in [6, 6.07) is 18.5. The number of aliphatic hydroxyl groups is 1. The van der Waals surface area contributed by atoms with Crippen molar-refractivity contribution in [1.82, 2.24) is 19.9 Å². The highest BCUT2D eigenvalue weighted by Crippen LogP contribution is 2.33. The maximum atomic E-state index is 12.8. The first-order valence-electron chi connectivity index (χ1n) is 8.82. The van der Waals surface area contributed by atoms with Gasteiger partial charge in [0.15, 0.2) is 5.65 Å². The molecule has 0 spiro atoms. The molecule has 2 heterocycles. The first-order chi connectivity index (χ1) is 14.1. The summed E-state index contributed by atoms with van der Waals surface area (Å²) in [7, 11) is -3.83. The molecule has 0 aliphatic carbocycles. The van der Waals surface area contributed by atoms with Crippen LogP contribution in [0.3, 0.4) is 0 Å². The SMILES string of the molecule is O=S(=O)(NCc1ccccc1Sc1ccccc1CO)c1n[nH]c2ncccc12. The van der Waals surface area contributed by atoms with Crippen LogP contribution in [0.4, 0.5) is 0 Å². The number of aromatic nitrogens is 3. The molecular formula is C20H18N4O3S2. The zero-order chi connectivity index (χ0) is 20.3. The molecule has 0 amide bonds. The normalized spacial score (nSPS) is 11.8. The molecule has 148 valence electrons. The van der Waals surface area contributed by atoms with Crippen molar-refractivity contribution in [2.75, 3.05) is 0 Å². The predicted molar refractivity (Wildman–Crippen MR) is 111 cm³/mol. The molecular weight excluding hydrogens is 408 g/mol. The third-order valence-corrected chi connectivity index (χ3v) is 6.93. The van der Waals surface area contributed by atoms with E-state index >= 15 is 0 Å². The Hall–Kier alpha value is -2.72. The van der Waals surface area contributed by atoms with E-state index < -0.39 is 10.0 Å². The Morgan fingerprint density at radius 2 is 1.66 bits per heavy atom. The highest BCUT2D eigenvalue weighted by Gasteiger charge is 2.21. The molecule has 0 saturated heterocycles. The van der Waals surface area contributed by atoms with Crippen LogP contribution in [0.25, 0.3) is 11.0 Å². The topological polar surface area (TPSA) is 108 Å². The van der Waals surface area contributed by atoms with Gasteiger partial charge in [-0.3, -0.25) is 5.10 Å². The summed E-state index contributed by atoms with van der Waals surface area (Å²) in [5, 5.41) is 16.5. The minimum absolute atomic E-state index is 0.0573. The van der Waals surface area contributed by atoms with Gasteiger partial charge >= 0.3 is 0 Å². The van der Waals surface area contributed by atoms with Gasteiger partial charge in [0, 0.05) is 22.5 Å². The second kappa shape index (κ2) is 8.34. The van der Waals surface area contributed by atoms with Crippen LogP contribution in [0.15, 0.2) is 81.7 Å². The van der Waals surface area contributed by atoms with Crippen LogP contribution < -0.4 is 4.72 Å². The van der Waals surface area contributed by atoms with Gasteiger partial charge in [0.05, 0.1) is 12.0 Å². The molecule has 3 N–H and O–H groups in total. The molecule has 0 fully saturated rings. The Labute approximate surface area is 172 Å². The van der Waals surface area contributed by atoms with E-state index in [1.165, 1.54) is 11.8 Å². The average molecular weight is 427 g/mol. The van der Waals surface area contributed by atoms with Gasteiger partial charge in [-0.2, -0.15) is 5.10 Å². The minimum Gasteiger partial charge on any atom is -0.392 e. The van der Waals surface area contributed by atoms with E-state index in [0.717, 1.165) is 20.9 Å². The van der Waals surface area contributed by atoms with E-state index in [-0.39, 0.29) is 18.2 Å². The van der Waals surface area contributed by atoms with E-state index in [9.17, 15) is 13.5 Å². The maximum Gasteiger partial charge on any atom is 0.260 e. The van der Waals surface area contributed by atoms with Crippen molar-refractivity contribution in [3.8, 4) is 0 Å². The van der Waals surface area contributed by atoms with Gasteiger partial charge in [-0.25, -0.2) is 18.1 Å². The Morgan fingerprint density at radius 3 is 2.41 bits per heavy atom.